The molecule has 0 saturated carbocycles. The maximum absolute atomic E-state index is 13.3. The first kappa shape index (κ1) is 14.1. The smallest absolute Gasteiger partial charge is 0.315 e. The number of carbonyl (C=O) groups is 1. The van der Waals surface area contributed by atoms with Crippen LogP contribution in [0.2, 0.25) is 0 Å². The minimum atomic E-state index is -0.414. The Morgan fingerprint density at radius 1 is 1.19 bits per heavy atom. The van der Waals surface area contributed by atoms with Crippen LogP contribution in [0.3, 0.4) is 0 Å². The van der Waals surface area contributed by atoms with Gasteiger partial charge in [0.1, 0.15) is 17.1 Å². The number of benzene rings is 2. The summed E-state index contributed by atoms with van der Waals surface area (Å²) in [6.07, 6.45) is 1.49. The average molecular weight is 396 g/mol. The first-order valence-corrected chi connectivity index (χ1v) is 7.31. The van der Waals surface area contributed by atoms with E-state index in [1.165, 1.54) is 18.4 Å². The summed E-state index contributed by atoms with van der Waals surface area (Å²) in [5, 5.41) is 0.592. The van der Waals surface area contributed by atoms with Gasteiger partial charge in [0.05, 0.1) is 12.7 Å². The van der Waals surface area contributed by atoms with E-state index < -0.39 is 5.97 Å². The molecule has 0 aliphatic rings. The molecular formula is C16H10FIO3. The molecule has 0 unspecified atom stereocenters. The maximum Gasteiger partial charge on any atom is 0.315 e. The number of hydrogen-bond donors (Lipinski definition) is 0. The summed E-state index contributed by atoms with van der Waals surface area (Å²) in [7, 11) is 0. The van der Waals surface area contributed by atoms with Crippen LogP contribution < -0.4 is 4.74 Å². The molecule has 0 radical (unpaired) electrons. The molecule has 106 valence electrons. The molecule has 3 nitrogen and oxygen atoms in total. The van der Waals surface area contributed by atoms with Gasteiger partial charge in [0.15, 0.2) is 0 Å². The molecule has 0 saturated heterocycles. The molecule has 2 aromatic carbocycles. The summed E-state index contributed by atoms with van der Waals surface area (Å²) in [4.78, 5) is 11.9. The van der Waals surface area contributed by atoms with Gasteiger partial charge >= 0.3 is 5.97 Å². The second kappa shape index (κ2) is 5.85. The lowest BCUT2D eigenvalue weighted by Gasteiger charge is -2.03. The van der Waals surface area contributed by atoms with E-state index in [2.05, 4.69) is 22.6 Å². The van der Waals surface area contributed by atoms with Crippen LogP contribution in [-0.2, 0) is 11.2 Å². The summed E-state index contributed by atoms with van der Waals surface area (Å²) in [5.41, 5.74) is 1.16. The highest BCUT2D eigenvalue weighted by Gasteiger charge is 2.13. The van der Waals surface area contributed by atoms with E-state index in [4.69, 9.17) is 9.15 Å². The SMILES string of the molecule is O=C(Cc1coc2ccc(F)cc12)Oc1ccc(I)cc1. The Hall–Kier alpha value is -1.89. The average Bonchev–Trinajstić information content (AvgIpc) is 2.84. The number of halogens is 2. The van der Waals surface area contributed by atoms with Gasteiger partial charge in [-0.15, -0.1) is 0 Å². The van der Waals surface area contributed by atoms with Crippen LogP contribution in [0, 0.1) is 9.39 Å². The van der Waals surface area contributed by atoms with Crippen molar-refractivity contribution in [2.24, 2.45) is 0 Å². The molecule has 1 heterocycles. The van der Waals surface area contributed by atoms with Crippen LogP contribution in [0.5, 0.6) is 5.75 Å². The van der Waals surface area contributed by atoms with Crippen molar-refractivity contribution < 1.29 is 18.3 Å². The van der Waals surface area contributed by atoms with Gasteiger partial charge in [0, 0.05) is 14.5 Å². The summed E-state index contributed by atoms with van der Waals surface area (Å²) < 4.78 is 24.9. The minimum Gasteiger partial charge on any atom is -0.464 e. The molecule has 1 aromatic heterocycles. The van der Waals surface area contributed by atoms with Crippen molar-refractivity contribution in [3.05, 3.63) is 63.7 Å². The topological polar surface area (TPSA) is 39.4 Å². The molecule has 0 spiro atoms. The molecule has 0 atom stereocenters. The van der Waals surface area contributed by atoms with Crippen LogP contribution >= 0.6 is 22.6 Å². The van der Waals surface area contributed by atoms with Crippen molar-refractivity contribution in [2.45, 2.75) is 6.42 Å². The van der Waals surface area contributed by atoms with E-state index in [0.717, 1.165) is 3.57 Å². The minimum absolute atomic E-state index is 0.0302. The first-order chi connectivity index (χ1) is 10.1. The van der Waals surface area contributed by atoms with Crippen LogP contribution in [0.4, 0.5) is 4.39 Å². The second-order valence-corrected chi connectivity index (χ2v) is 5.75. The van der Waals surface area contributed by atoms with Gasteiger partial charge in [-0.05, 0) is 65.1 Å². The zero-order chi connectivity index (χ0) is 14.8. The molecule has 0 bridgehead atoms. The van der Waals surface area contributed by atoms with Gasteiger partial charge in [-0.3, -0.25) is 4.79 Å². The highest BCUT2D eigenvalue weighted by Crippen LogP contribution is 2.23. The summed E-state index contributed by atoms with van der Waals surface area (Å²) >= 11 is 2.17. The molecule has 0 aliphatic carbocycles. The Bertz CT molecular complexity index is 793. The van der Waals surface area contributed by atoms with E-state index in [0.29, 0.717) is 22.3 Å². The van der Waals surface area contributed by atoms with Crippen molar-refractivity contribution in [1.29, 1.82) is 0 Å². The number of ether oxygens (including phenoxy) is 1. The molecule has 5 heteroatoms. The van der Waals surface area contributed by atoms with Crippen molar-refractivity contribution in [2.75, 3.05) is 0 Å². The predicted octanol–water partition coefficient (Wildman–Crippen LogP) is 4.32. The third-order valence-electron chi connectivity index (χ3n) is 3.00. The quantitative estimate of drug-likeness (QED) is 0.376. The van der Waals surface area contributed by atoms with E-state index in [1.807, 2.05) is 12.1 Å². The molecular weight excluding hydrogens is 386 g/mol. The number of furan rings is 1. The lowest BCUT2D eigenvalue weighted by atomic mass is 10.1. The van der Waals surface area contributed by atoms with Crippen LogP contribution in [0.25, 0.3) is 11.0 Å². The van der Waals surface area contributed by atoms with Gasteiger partial charge < -0.3 is 9.15 Å². The normalized spacial score (nSPS) is 10.8. The Morgan fingerprint density at radius 2 is 1.95 bits per heavy atom. The van der Waals surface area contributed by atoms with Crippen molar-refractivity contribution in [3.63, 3.8) is 0 Å². The Kier molecular flexibility index (Phi) is 3.92. The zero-order valence-corrected chi connectivity index (χ0v) is 13.0. The molecule has 0 fully saturated rings. The van der Waals surface area contributed by atoms with Crippen LogP contribution in [0.15, 0.2) is 53.1 Å². The molecule has 3 aromatic rings. The predicted molar refractivity (Wildman–Crippen MR) is 84.7 cm³/mol. The lowest BCUT2D eigenvalue weighted by Crippen LogP contribution is -2.10. The van der Waals surface area contributed by atoms with Gasteiger partial charge in [-0.25, -0.2) is 4.39 Å². The lowest BCUT2D eigenvalue weighted by molar-refractivity contribution is -0.133. The molecule has 3 rings (SSSR count). The number of carbonyl (C=O) groups excluding carboxylic acids is 1. The Balaban J connectivity index is 1.77. The standard InChI is InChI=1S/C16H10FIO3/c17-11-1-6-15-14(8-11)10(9-20-15)7-16(19)21-13-4-2-12(18)3-5-13/h1-6,8-9H,7H2. The van der Waals surface area contributed by atoms with Crippen molar-refractivity contribution >= 4 is 39.5 Å². The number of rotatable bonds is 3. The summed E-state index contributed by atoms with van der Waals surface area (Å²) in [5.74, 6) is -0.293. The zero-order valence-electron chi connectivity index (χ0n) is 10.8. The second-order valence-electron chi connectivity index (χ2n) is 4.51. The van der Waals surface area contributed by atoms with E-state index in [1.54, 1.807) is 18.2 Å². The largest absolute Gasteiger partial charge is 0.464 e. The van der Waals surface area contributed by atoms with Gasteiger partial charge in [-0.1, -0.05) is 0 Å². The monoisotopic (exact) mass is 396 g/mol. The fraction of sp³-hybridized carbons (Fsp3) is 0.0625. The van der Waals surface area contributed by atoms with Crippen LogP contribution in [0.1, 0.15) is 5.56 Å². The van der Waals surface area contributed by atoms with Gasteiger partial charge in [0.2, 0.25) is 0 Å². The molecule has 21 heavy (non-hydrogen) atoms. The number of esters is 1. The highest BCUT2D eigenvalue weighted by molar-refractivity contribution is 14.1. The molecule has 0 aliphatic heterocycles. The molecule has 0 amide bonds. The Labute approximate surface area is 133 Å². The summed E-state index contributed by atoms with van der Waals surface area (Å²) in [6, 6.07) is 11.4. The third kappa shape index (κ3) is 3.24. The van der Waals surface area contributed by atoms with Gasteiger partial charge in [-0.2, -0.15) is 0 Å². The summed E-state index contributed by atoms with van der Waals surface area (Å²) in [6.45, 7) is 0. The van der Waals surface area contributed by atoms with E-state index in [-0.39, 0.29) is 12.2 Å². The fourth-order valence-electron chi connectivity index (χ4n) is 2.02. The van der Waals surface area contributed by atoms with Gasteiger partial charge in [0.25, 0.3) is 0 Å². The highest BCUT2D eigenvalue weighted by atomic mass is 127. The van der Waals surface area contributed by atoms with Crippen molar-refractivity contribution in [1.82, 2.24) is 0 Å². The van der Waals surface area contributed by atoms with E-state index >= 15 is 0 Å². The van der Waals surface area contributed by atoms with Crippen LogP contribution in [-0.4, -0.2) is 5.97 Å². The first-order valence-electron chi connectivity index (χ1n) is 6.24. The third-order valence-corrected chi connectivity index (χ3v) is 3.71. The van der Waals surface area contributed by atoms with E-state index in [9.17, 15) is 9.18 Å². The number of fused-ring (bicyclic) bond motifs is 1. The maximum atomic E-state index is 13.3. The fourth-order valence-corrected chi connectivity index (χ4v) is 2.38. The Morgan fingerprint density at radius 3 is 2.71 bits per heavy atom. The van der Waals surface area contributed by atoms with Crippen molar-refractivity contribution in [3.8, 4) is 5.75 Å². The number of hydrogen-bond acceptors (Lipinski definition) is 3. The molecule has 0 N–H and O–H groups in total.